The van der Waals surface area contributed by atoms with E-state index < -0.39 is 0 Å². The zero-order chi connectivity index (χ0) is 43.8. The lowest BCUT2D eigenvalue weighted by atomic mass is 9.91. The largest absolute Gasteiger partial charge is 0.310 e. The molecule has 0 N–H and O–H groups in total. The number of aromatic nitrogens is 1. The third kappa shape index (κ3) is 7.12. The van der Waals surface area contributed by atoms with Gasteiger partial charge >= 0.3 is 0 Å². The van der Waals surface area contributed by atoms with Gasteiger partial charge < -0.3 is 9.47 Å². The Kier molecular flexibility index (Phi) is 9.89. The molecule has 0 aliphatic heterocycles. The van der Waals surface area contributed by atoms with Crippen LogP contribution in [-0.2, 0) is 0 Å². The Bertz CT molecular complexity index is 3620. The first-order chi connectivity index (χ1) is 32.7. The molecule has 1 aromatic heterocycles. The van der Waals surface area contributed by atoms with Crippen LogP contribution in [0.1, 0.15) is 0 Å². The second-order valence-corrected chi connectivity index (χ2v) is 16.9. The molecular weight excluding hydrogens is 797 g/mol. The van der Waals surface area contributed by atoms with E-state index in [1.807, 2.05) is 0 Å². The number of anilines is 3. The van der Waals surface area contributed by atoms with Crippen molar-refractivity contribution in [1.82, 2.24) is 4.57 Å². The van der Waals surface area contributed by atoms with Crippen molar-refractivity contribution in [3.63, 3.8) is 0 Å². The summed E-state index contributed by atoms with van der Waals surface area (Å²) in [5.74, 6) is 0. The Morgan fingerprint density at radius 3 is 1.23 bits per heavy atom. The summed E-state index contributed by atoms with van der Waals surface area (Å²) in [4.78, 5) is 2.38. The van der Waals surface area contributed by atoms with Crippen molar-refractivity contribution in [1.29, 1.82) is 0 Å². The normalized spacial score (nSPS) is 11.3. The molecule has 310 valence electrons. The highest BCUT2D eigenvalue weighted by Gasteiger charge is 2.17. The van der Waals surface area contributed by atoms with E-state index in [1.54, 1.807) is 0 Å². The number of nitrogens with zero attached hydrogens (tertiary/aromatic N) is 2. The van der Waals surface area contributed by atoms with Crippen LogP contribution in [0, 0.1) is 0 Å². The van der Waals surface area contributed by atoms with E-state index >= 15 is 0 Å². The molecule has 1 heterocycles. The van der Waals surface area contributed by atoms with E-state index in [-0.39, 0.29) is 0 Å². The molecule has 0 atom stereocenters. The van der Waals surface area contributed by atoms with Crippen LogP contribution in [0.25, 0.3) is 93.9 Å². The van der Waals surface area contributed by atoms with Crippen LogP contribution < -0.4 is 4.90 Å². The average Bonchev–Trinajstić information content (AvgIpc) is 3.74. The predicted octanol–water partition coefficient (Wildman–Crippen LogP) is 17.7. The Labute approximate surface area is 385 Å². The van der Waals surface area contributed by atoms with Gasteiger partial charge in [0.25, 0.3) is 0 Å². The fourth-order valence-corrected chi connectivity index (χ4v) is 9.84. The van der Waals surface area contributed by atoms with Gasteiger partial charge in [0, 0.05) is 33.5 Å². The van der Waals surface area contributed by atoms with Gasteiger partial charge in [0.1, 0.15) is 0 Å². The maximum Gasteiger partial charge on any atom is 0.0541 e. The maximum atomic E-state index is 2.38. The molecule has 0 aliphatic rings. The second-order valence-electron chi connectivity index (χ2n) is 16.9. The van der Waals surface area contributed by atoms with Crippen LogP contribution in [-0.4, -0.2) is 4.57 Å². The van der Waals surface area contributed by atoms with E-state index in [9.17, 15) is 0 Å². The summed E-state index contributed by atoms with van der Waals surface area (Å²) in [6, 6.07) is 96.8. The monoisotopic (exact) mass is 840 g/mol. The van der Waals surface area contributed by atoms with Gasteiger partial charge in [0.2, 0.25) is 0 Å². The Balaban J connectivity index is 0.910. The van der Waals surface area contributed by atoms with Gasteiger partial charge in [0.05, 0.1) is 11.0 Å². The van der Waals surface area contributed by atoms with Crippen molar-refractivity contribution in [2.24, 2.45) is 0 Å². The van der Waals surface area contributed by atoms with Crippen molar-refractivity contribution in [2.75, 3.05) is 4.90 Å². The number of hydrogen-bond acceptors (Lipinski definition) is 1. The van der Waals surface area contributed by atoms with Crippen molar-refractivity contribution >= 4 is 49.6 Å². The van der Waals surface area contributed by atoms with Crippen molar-refractivity contribution < 1.29 is 0 Å². The van der Waals surface area contributed by atoms with Gasteiger partial charge in [-0.3, -0.25) is 0 Å². The van der Waals surface area contributed by atoms with Crippen LogP contribution in [0.2, 0.25) is 0 Å². The van der Waals surface area contributed by atoms with Gasteiger partial charge in [-0.1, -0.05) is 206 Å². The molecule has 0 fully saturated rings. The first kappa shape index (κ1) is 38.9. The number of para-hydroxylation sites is 2. The van der Waals surface area contributed by atoms with Crippen LogP contribution in [0.5, 0.6) is 0 Å². The van der Waals surface area contributed by atoms with Crippen molar-refractivity contribution in [3.8, 4) is 61.3 Å². The van der Waals surface area contributed by atoms with Crippen LogP contribution >= 0.6 is 0 Å². The van der Waals surface area contributed by atoms with Crippen molar-refractivity contribution in [2.45, 2.75) is 0 Å². The molecule has 0 radical (unpaired) electrons. The Hall–Kier alpha value is -8.72. The highest BCUT2D eigenvalue weighted by Crippen LogP contribution is 2.42. The maximum absolute atomic E-state index is 2.38. The van der Waals surface area contributed by atoms with Crippen molar-refractivity contribution in [3.05, 3.63) is 267 Å². The summed E-state index contributed by atoms with van der Waals surface area (Å²) in [7, 11) is 0. The molecule has 12 rings (SSSR count). The molecule has 0 spiro atoms. The lowest BCUT2D eigenvalue weighted by Crippen LogP contribution is -2.10. The number of benzene rings is 11. The molecule has 0 saturated carbocycles. The summed E-state index contributed by atoms with van der Waals surface area (Å²) >= 11 is 0. The minimum absolute atomic E-state index is 1.09. The van der Waals surface area contributed by atoms with Gasteiger partial charge in [0.15, 0.2) is 0 Å². The summed E-state index contributed by atoms with van der Waals surface area (Å²) < 4.78 is 2.38. The minimum Gasteiger partial charge on any atom is -0.310 e. The standard InChI is InChI=1S/C64H44N2/c1-3-16-45(17-4-1)51-22-11-25-55(42-51)65(54-40-38-49(39-41-54)59-31-15-21-50-20-14-30-58(64(50)59)48-18-5-2-6-19-48)56-26-12-23-52(43-56)46-34-36-47(37-35-46)53-24-13-27-57(44-53)66-62-32-9-7-28-60(62)61-29-8-10-33-63(61)66/h1-44H. The quantitative estimate of drug-likeness (QED) is 0.141. The van der Waals surface area contributed by atoms with E-state index in [0.717, 1.165) is 33.9 Å². The average molecular weight is 841 g/mol. The summed E-state index contributed by atoms with van der Waals surface area (Å²) in [5, 5.41) is 5.03. The first-order valence-electron chi connectivity index (χ1n) is 22.7. The molecule has 2 heteroatoms. The van der Waals surface area contributed by atoms with E-state index in [1.165, 1.54) is 77.1 Å². The fourth-order valence-electron chi connectivity index (χ4n) is 9.84. The van der Waals surface area contributed by atoms with Gasteiger partial charge in [-0.15, -0.1) is 0 Å². The highest BCUT2D eigenvalue weighted by molar-refractivity contribution is 6.09. The smallest absolute Gasteiger partial charge is 0.0541 e. The third-order valence-electron chi connectivity index (χ3n) is 13.0. The number of fused-ring (bicyclic) bond motifs is 4. The highest BCUT2D eigenvalue weighted by atomic mass is 15.1. The predicted molar refractivity (Wildman–Crippen MR) is 280 cm³/mol. The molecule has 0 amide bonds. The summed E-state index contributed by atoms with van der Waals surface area (Å²) in [6.07, 6.45) is 0. The fraction of sp³-hybridized carbons (Fsp3) is 0. The molecule has 0 saturated heterocycles. The molecule has 12 aromatic rings. The van der Waals surface area contributed by atoms with E-state index in [0.29, 0.717) is 0 Å². The Morgan fingerprint density at radius 2 is 0.667 bits per heavy atom. The van der Waals surface area contributed by atoms with Gasteiger partial charge in [-0.25, -0.2) is 0 Å². The van der Waals surface area contributed by atoms with Crippen LogP contribution in [0.4, 0.5) is 17.1 Å². The SMILES string of the molecule is c1ccc(-c2cccc(N(c3ccc(-c4cccc5cccc(-c6ccccc6)c45)cc3)c3cccc(-c4ccc(-c5cccc(-n6c7ccccc7c7ccccc76)c5)cc4)c3)c2)cc1. The summed E-state index contributed by atoms with van der Waals surface area (Å²) in [6.45, 7) is 0. The molecular formula is C64H44N2. The third-order valence-corrected chi connectivity index (χ3v) is 13.0. The van der Waals surface area contributed by atoms with E-state index in [4.69, 9.17) is 0 Å². The van der Waals surface area contributed by atoms with Gasteiger partial charge in [-0.2, -0.15) is 0 Å². The number of rotatable bonds is 9. The zero-order valence-corrected chi connectivity index (χ0v) is 36.3. The molecule has 66 heavy (non-hydrogen) atoms. The molecule has 0 unspecified atom stereocenters. The Morgan fingerprint density at radius 1 is 0.258 bits per heavy atom. The molecule has 2 nitrogen and oxygen atoms in total. The zero-order valence-electron chi connectivity index (χ0n) is 36.3. The van der Waals surface area contributed by atoms with Gasteiger partial charge in [-0.05, 0) is 127 Å². The molecule has 0 bridgehead atoms. The second kappa shape index (κ2) is 16.8. The van der Waals surface area contributed by atoms with E-state index in [2.05, 4.69) is 276 Å². The lowest BCUT2D eigenvalue weighted by Gasteiger charge is -2.27. The topological polar surface area (TPSA) is 8.17 Å². The van der Waals surface area contributed by atoms with Crippen LogP contribution in [0.3, 0.4) is 0 Å². The van der Waals surface area contributed by atoms with Crippen LogP contribution in [0.15, 0.2) is 267 Å². The minimum atomic E-state index is 1.09. The summed E-state index contributed by atoms with van der Waals surface area (Å²) in [5.41, 5.74) is 18.8. The first-order valence-corrected chi connectivity index (χ1v) is 22.7. The molecule has 0 aliphatic carbocycles. The number of hydrogen-bond donors (Lipinski definition) is 0. The molecule has 11 aromatic carbocycles. The lowest BCUT2D eigenvalue weighted by molar-refractivity contribution is 1.18.